The van der Waals surface area contributed by atoms with Gasteiger partial charge in [-0.3, -0.25) is 4.79 Å². The quantitative estimate of drug-likeness (QED) is 0.434. The first-order valence-corrected chi connectivity index (χ1v) is 6.90. The van der Waals surface area contributed by atoms with E-state index in [0.29, 0.717) is 0 Å². The predicted molar refractivity (Wildman–Crippen MR) is 70.3 cm³/mol. The maximum atomic E-state index is 10.7. The Bertz CT molecular complexity index is 293. The van der Waals surface area contributed by atoms with Crippen LogP contribution >= 0.6 is 33.9 Å². The highest BCUT2D eigenvalue weighted by Gasteiger charge is 2.05. The van der Waals surface area contributed by atoms with E-state index in [2.05, 4.69) is 35.6 Å². The van der Waals surface area contributed by atoms with Gasteiger partial charge in [-0.2, -0.15) is 0 Å². The van der Waals surface area contributed by atoms with E-state index < -0.39 is 0 Å². The number of hydrogen-bond acceptors (Lipinski definition) is 2. The molecule has 0 atom stereocenters. The van der Waals surface area contributed by atoms with Crippen molar-refractivity contribution >= 4 is 40.2 Å². The molecule has 0 saturated carbocycles. The zero-order valence-corrected chi connectivity index (χ0v) is 11.4. The summed E-state index contributed by atoms with van der Waals surface area (Å²) in [5, 5.41) is 0. The summed E-state index contributed by atoms with van der Waals surface area (Å²) in [5.74, 6) is 0. The Morgan fingerprint density at radius 2 is 2.21 bits per heavy atom. The van der Waals surface area contributed by atoms with Crippen LogP contribution in [0.2, 0.25) is 0 Å². The van der Waals surface area contributed by atoms with Crippen molar-refractivity contribution in [3.8, 4) is 0 Å². The molecule has 0 amide bonds. The van der Waals surface area contributed by atoms with Crippen LogP contribution in [0.25, 0.3) is 0 Å². The molecule has 0 spiro atoms. The van der Waals surface area contributed by atoms with Crippen molar-refractivity contribution < 1.29 is 4.79 Å². The summed E-state index contributed by atoms with van der Waals surface area (Å²) in [4.78, 5) is 11.7. The standard InChI is InChI=1S/C11H15IOS/c1-2-3-4-5-6-9-7-11(12)14-10(9)8-13/h7-8H,2-6H2,1H3. The number of carbonyl (C=O) groups excluding carboxylic acids is 1. The summed E-state index contributed by atoms with van der Waals surface area (Å²) in [7, 11) is 0. The molecule has 14 heavy (non-hydrogen) atoms. The van der Waals surface area contributed by atoms with Crippen molar-refractivity contribution in [2.45, 2.75) is 39.0 Å². The zero-order valence-electron chi connectivity index (χ0n) is 8.38. The number of rotatable bonds is 6. The van der Waals surface area contributed by atoms with Crippen LogP contribution in [0.1, 0.15) is 47.8 Å². The molecule has 0 N–H and O–H groups in total. The van der Waals surface area contributed by atoms with Gasteiger partial charge in [0, 0.05) is 0 Å². The Morgan fingerprint density at radius 1 is 1.43 bits per heavy atom. The van der Waals surface area contributed by atoms with E-state index in [1.54, 1.807) is 11.3 Å². The summed E-state index contributed by atoms with van der Waals surface area (Å²) in [5.41, 5.74) is 1.24. The highest BCUT2D eigenvalue weighted by Crippen LogP contribution is 2.24. The Morgan fingerprint density at radius 3 is 2.86 bits per heavy atom. The lowest BCUT2D eigenvalue weighted by Crippen LogP contribution is -1.87. The molecule has 3 heteroatoms. The molecular weight excluding hydrogens is 307 g/mol. The summed E-state index contributed by atoms with van der Waals surface area (Å²) in [6.07, 6.45) is 7.11. The second-order valence-corrected chi connectivity index (χ2v) is 6.35. The fourth-order valence-electron chi connectivity index (χ4n) is 1.45. The third-order valence-corrected chi connectivity index (χ3v) is 4.08. The maximum absolute atomic E-state index is 10.7. The van der Waals surface area contributed by atoms with Crippen molar-refractivity contribution in [3.05, 3.63) is 19.4 Å². The lowest BCUT2D eigenvalue weighted by molar-refractivity contribution is 0.112. The molecule has 1 aromatic heterocycles. The zero-order chi connectivity index (χ0) is 10.4. The maximum Gasteiger partial charge on any atom is 0.160 e. The summed E-state index contributed by atoms with van der Waals surface area (Å²) < 4.78 is 1.22. The minimum atomic E-state index is 0.922. The molecule has 0 saturated heterocycles. The molecule has 0 aliphatic rings. The van der Waals surface area contributed by atoms with Crippen LogP contribution in [0.15, 0.2) is 6.07 Å². The number of halogens is 1. The van der Waals surface area contributed by atoms with Gasteiger partial charge < -0.3 is 0 Å². The molecule has 0 fully saturated rings. The van der Waals surface area contributed by atoms with Crippen LogP contribution in [-0.2, 0) is 6.42 Å². The average Bonchev–Trinajstić information content (AvgIpc) is 2.54. The Hall–Kier alpha value is 0.1000. The monoisotopic (exact) mass is 322 g/mol. The number of aldehydes is 1. The molecule has 1 nitrogen and oxygen atoms in total. The first kappa shape index (κ1) is 12.2. The van der Waals surface area contributed by atoms with Gasteiger partial charge in [0.2, 0.25) is 0 Å². The molecular formula is C11H15IOS. The van der Waals surface area contributed by atoms with Crippen LogP contribution < -0.4 is 0 Å². The van der Waals surface area contributed by atoms with E-state index >= 15 is 0 Å². The Kier molecular flexibility index (Phi) is 5.70. The first-order chi connectivity index (χ1) is 6.77. The predicted octanol–water partition coefficient (Wildman–Crippen LogP) is 4.29. The van der Waals surface area contributed by atoms with Crippen LogP contribution in [0, 0.1) is 2.88 Å². The molecule has 0 aliphatic heterocycles. The summed E-state index contributed by atoms with van der Waals surface area (Å²) in [6.45, 7) is 2.21. The molecule has 1 aromatic rings. The molecule has 0 unspecified atom stereocenters. The fourth-order valence-corrected chi connectivity index (χ4v) is 3.28. The van der Waals surface area contributed by atoms with Gasteiger partial charge in [0.1, 0.15) is 0 Å². The minimum Gasteiger partial charge on any atom is -0.297 e. The number of aryl methyl sites for hydroxylation is 1. The normalized spacial score (nSPS) is 10.4. The first-order valence-electron chi connectivity index (χ1n) is 5.01. The van der Waals surface area contributed by atoms with Gasteiger partial charge in [-0.15, -0.1) is 11.3 Å². The van der Waals surface area contributed by atoms with Gasteiger partial charge in [-0.1, -0.05) is 26.2 Å². The molecule has 1 heterocycles. The van der Waals surface area contributed by atoms with E-state index in [1.807, 2.05) is 0 Å². The molecule has 0 radical (unpaired) electrons. The molecule has 0 aliphatic carbocycles. The molecule has 78 valence electrons. The van der Waals surface area contributed by atoms with E-state index in [1.165, 1.54) is 34.1 Å². The van der Waals surface area contributed by atoms with Crippen molar-refractivity contribution in [1.29, 1.82) is 0 Å². The topological polar surface area (TPSA) is 17.1 Å². The van der Waals surface area contributed by atoms with Gasteiger partial charge in [0.25, 0.3) is 0 Å². The third-order valence-electron chi connectivity index (χ3n) is 2.22. The highest BCUT2D eigenvalue weighted by molar-refractivity contribution is 14.1. The number of thiophene rings is 1. The van der Waals surface area contributed by atoms with Gasteiger partial charge in [0.05, 0.1) is 7.76 Å². The molecule has 0 aromatic carbocycles. The number of hydrogen-bond donors (Lipinski definition) is 0. The van der Waals surface area contributed by atoms with Gasteiger partial charge in [0.15, 0.2) is 6.29 Å². The van der Waals surface area contributed by atoms with Crippen LogP contribution in [-0.4, -0.2) is 6.29 Å². The van der Waals surface area contributed by atoms with Crippen LogP contribution in [0.4, 0.5) is 0 Å². The number of unbranched alkanes of at least 4 members (excludes halogenated alkanes) is 3. The van der Waals surface area contributed by atoms with E-state index in [9.17, 15) is 4.79 Å². The van der Waals surface area contributed by atoms with Crippen LogP contribution in [0.3, 0.4) is 0 Å². The van der Waals surface area contributed by atoms with Crippen molar-refractivity contribution in [2.24, 2.45) is 0 Å². The smallest absolute Gasteiger partial charge is 0.160 e. The summed E-state index contributed by atoms with van der Waals surface area (Å²) in [6, 6.07) is 2.14. The van der Waals surface area contributed by atoms with Crippen molar-refractivity contribution in [1.82, 2.24) is 0 Å². The Labute approximate surface area is 103 Å². The van der Waals surface area contributed by atoms with Crippen LogP contribution in [0.5, 0.6) is 0 Å². The Balaban J connectivity index is 2.44. The van der Waals surface area contributed by atoms with Crippen molar-refractivity contribution in [2.75, 3.05) is 0 Å². The second-order valence-electron chi connectivity index (χ2n) is 3.37. The molecule has 1 rings (SSSR count). The van der Waals surface area contributed by atoms with E-state index in [-0.39, 0.29) is 0 Å². The van der Waals surface area contributed by atoms with E-state index in [0.717, 1.165) is 17.6 Å². The van der Waals surface area contributed by atoms with Gasteiger partial charge >= 0.3 is 0 Å². The second kappa shape index (κ2) is 6.56. The SMILES string of the molecule is CCCCCCc1cc(I)sc1C=O. The lowest BCUT2D eigenvalue weighted by atomic mass is 10.1. The summed E-state index contributed by atoms with van der Waals surface area (Å²) >= 11 is 3.87. The lowest BCUT2D eigenvalue weighted by Gasteiger charge is -1.98. The number of carbonyl (C=O) groups is 1. The van der Waals surface area contributed by atoms with E-state index in [4.69, 9.17) is 0 Å². The minimum absolute atomic E-state index is 0.922. The van der Waals surface area contributed by atoms with Crippen molar-refractivity contribution in [3.63, 3.8) is 0 Å². The third kappa shape index (κ3) is 3.69. The largest absolute Gasteiger partial charge is 0.297 e. The fraction of sp³-hybridized carbons (Fsp3) is 0.545. The average molecular weight is 322 g/mol. The molecule has 0 bridgehead atoms. The van der Waals surface area contributed by atoms with Gasteiger partial charge in [-0.05, 0) is 47.1 Å². The van der Waals surface area contributed by atoms with Gasteiger partial charge in [-0.25, -0.2) is 0 Å². The highest BCUT2D eigenvalue weighted by atomic mass is 127.